The fourth-order valence-corrected chi connectivity index (χ4v) is 0.948. The first-order valence-corrected chi connectivity index (χ1v) is 3.93. The van der Waals surface area contributed by atoms with Crippen molar-refractivity contribution in [3.63, 3.8) is 0 Å². The summed E-state index contributed by atoms with van der Waals surface area (Å²) in [5, 5.41) is 13.0. The Balaban J connectivity index is 2.81. The van der Waals surface area contributed by atoms with Gasteiger partial charge in [0.1, 0.15) is 0 Å². The van der Waals surface area contributed by atoms with E-state index in [1.165, 1.54) is 0 Å². The summed E-state index contributed by atoms with van der Waals surface area (Å²) < 4.78 is 6.99. The highest BCUT2D eigenvalue weighted by atomic mass is 16.5. The van der Waals surface area contributed by atoms with E-state index < -0.39 is 0 Å². The van der Waals surface area contributed by atoms with Crippen molar-refractivity contribution < 1.29 is 9.84 Å². The fraction of sp³-hybridized carbons (Fsp3) is 0.625. The van der Waals surface area contributed by atoms with Gasteiger partial charge in [-0.3, -0.25) is 4.68 Å². The van der Waals surface area contributed by atoms with Gasteiger partial charge in [-0.15, -0.1) is 5.10 Å². The van der Waals surface area contributed by atoms with Gasteiger partial charge in [0.15, 0.2) is 0 Å². The number of ether oxygens (including phenoxy) is 1. The van der Waals surface area contributed by atoms with E-state index in [1.54, 1.807) is 17.9 Å². The first-order valence-electron chi connectivity index (χ1n) is 3.93. The van der Waals surface area contributed by atoms with E-state index in [1.807, 2.05) is 13.8 Å². The number of aryl methyl sites for hydroxylation is 1. The summed E-state index contributed by atoms with van der Waals surface area (Å²) in [6.45, 7) is 3.82. The lowest BCUT2D eigenvalue weighted by Crippen LogP contribution is -2.07. The highest BCUT2D eigenvalue weighted by molar-refractivity contribution is 5.22. The van der Waals surface area contributed by atoms with Crippen LogP contribution in [0.1, 0.15) is 19.4 Å². The Labute approximate surface area is 71.8 Å². The van der Waals surface area contributed by atoms with E-state index in [-0.39, 0.29) is 12.7 Å². The second-order valence-corrected chi connectivity index (χ2v) is 2.96. The highest BCUT2D eigenvalue weighted by Gasteiger charge is 2.08. The molecule has 0 amide bonds. The number of aliphatic hydroxyl groups is 1. The zero-order valence-electron chi connectivity index (χ0n) is 7.61. The van der Waals surface area contributed by atoms with Crippen LogP contribution in [0.5, 0.6) is 5.88 Å². The number of hydrogen-bond acceptors (Lipinski definition) is 3. The molecular weight excluding hydrogens is 156 g/mol. The van der Waals surface area contributed by atoms with E-state index >= 15 is 0 Å². The predicted molar refractivity (Wildman–Crippen MR) is 44.9 cm³/mol. The van der Waals surface area contributed by atoms with Crippen molar-refractivity contribution >= 4 is 0 Å². The van der Waals surface area contributed by atoms with Crippen LogP contribution in [0.2, 0.25) is 0 Å². The molecule has 0 saturated carbocycles. The molecule has 1 aromatic heterocycles. The molecule has 68 valence electrons. The third-order valence-corrected chi connectivity index (χ3v) is 1.38. The van der Waals surface area contributed by atoms with Crippen molar-refractivity contribution in [2.24, 2.45) is 7.05 Å². The maximum Gasteiger partial charge on any atom is 0.238 e. The van der Waals surface area contributed by atoms with Gasteiger partial charge < -0.3 is 9.84 Å². The largest absolute Gasteiger partial charge is 0.474 e. The van der Waals surface area contributed by atoms with Crippen molar-refractivity contribution in [2.45, 2.75) is 26.6 Å². The van der Waals surface area contributed by atoms with Gasteiger partial charge in [-0.1, -0.05) is 0 Å². The van der Waals surface area contributed by atoms with Gasteiger partial charge in [0.25, 0.3) is 0 Å². The van der Waals surface area contributed by atoms with Crippen molar-refractivity contribution in [3.05, 3.63) is 11.8 Å². The number of rotatable bonds is 3. The Morgan fingerprint density at radius 1 is 1.67 bits per heavy atom. The maximum absolute atomic E-state index is 8.91. The molecule has 1 rings (SSSR count). The molecule has 12 heavy (non-hydrogen) atoms. The summed E-state index contributed by atoms with van der Waals surface area (Å²) in [7, 11) is 1.80. The molecule has 0 unspecified atom stereocenters. The van der Waals surface area contributed by atoms with Crippen LogP contribution in [0.15, 0.2) is 6.20 Å². The number of hydrogen-bond donors (Lipinski definition) is 1. The molecule has 0 atom stereocenters. The first kappa shape index (κ1) is 9.06. The van der Waals surface area contributed by atoms with Crippen LogP contribution in [0.4, 0.5) is 0 Å². The summed E-state index contributed by atoms with van der Waals surface area (Å²) >= 11 is 0. The minimum Gasteiger partial charge on any atom is -0.474 e. The third kappa shape index (κ3) is 1.98. The van der Waals surface area contributed by atoms with Gasteiger partial charge in [0, 0.05) is 13.2 Å². The van der Waals surface area contributed by atoms with Gasteiger partial charge in [-0.25, -0.2) is 0 Å². The van der Waals surface area contributed by atoms with Crippen LogP contribution in [-0.4, -0.2) is 21.0 Å². The predicted octanol–water partition coefficient (Wildman–Crippen LogP) is 0.700. The molecule has 4 nitrogen and oxygen atoms in total. The van der Waals surface area contributed by atoms with Crippen LogP contribution < -0.4 is 4.74 Å². The van der Waals surface area contributed by atoms with Crippen LogP contribution >= 0.6 is 0 Å². The summed E-state index contributed by atoms with van der Waals surface area (Å²) in [5.41, 5.74) is 0.728. The maximum atomic E-state index is 8.91. The SMILES string of the molecule is CC(C)Oc1nn(C)cc1CO. The number of aromatic nitrogens is 2. The van der Waals surface area contributed by atoms with E-state index in [4.69, 9.17) is 9.84 Å². The van der Waals surface area contributed by atoms with Crippen LogP contribution in [0.3, 0.4) is 0 Å². The molecule has 0 saturated heterocycles. The molecule has 0 fully saturated rings. The molecule has 0 aliphatic heterocycles. The zero-order chi connectivity index (χ0) is 9.14. The summed E-state index contributed by atoms with van der Waals surface area (Å²) in [5.74, 6) is 0.523. The molecule has 0 aliphatic rings. The lowest BCUT2D eigenvalue weighted by Gasteiger charge is -2.06. The molecule has 1 N–H and O–H groups in total. The molecule has 1 heterocycles. The third-order valence-electron chi connectivity index (χ3n) is 1.38. The van der Waals surface area contributed by atoms with Gasteiger partial charge in [0.05, 0.1) is 18.3 Å². The Hall–Kier alpha value is -1.03. The number of aliphatic hydroxyl groups excluding tert-OH is 1. The normalized spacial score (nSPS) is 10.8. The summed E-state index contributed by atoms with van der Waals surface area (Å²) in [6.07, 6.45) is 1.84. The second-order valence-electron chi connectivity index (χ2n) is 2.96. The van der Waals surface area contributed by atoms with Crippen molar-refractivity contribution in [3.8, 4) is 5.88 Å². The highest BCUT2D eigenvalue weighted by Crippen LogP contribution is 2.16. The summed E-state index contributed by atoms with van der Waals surface area (Å²) in [4.78, 5) is 0. The molecular formula is C8H14N2O2. The molecule has 0 bridgehead atoms. The lowest BCUT2D eigenvalue weighted by molar-refractivity contribution is 0.217. The minimum atomic E-state index is -0.0319. The second kappa shape index (κ2) is 3.58. The Bertz CT molecular complexity index is 256. The Kier molecular flexibility index (Phi) is 2.70. The van der Waals surface area contributed by atoms with Gasteiger partial charge in [0.2, 0.25) is 5.88 Å². The molecule has 1 aromatic rings. The Morgan fingerprint density at radius 2 is 2.33 bits per heavy atom. The Morgan fingerprint density at radius 3 is 2.83 bits per heavy atom. The smallest absolute Gasteiger partial charge is 0.238 e. The standard InChI is InChI=1S/C8H14N2O2/c1-6(2)12-8-7(5-11)4-10(3)9-8/h4,6,11H,5H2,1-3H3. The van der Waals surface area contributed by atoms with Crippen molar-refractivity contribution in [2.75, 3.05) is 0 Å². The molecule has 4 heteroatoms. The monoisotopic (exact) mass is 170 g/mol. The van der Waals surface area contributed by atoms with E-state index in [0.29, 0.717) is 5.88 Å². The van der Waals surface area contributed by atoms with E-state index in [2.05, 4.69) is 5.10 Å². The van der Waals surface area contributed by atoms with Crippen LogP contribution in [0.25, 0.3) is 0 Å². The molecule has 0 spiro atoms. The van der Waals surface area contributed by atoms with E-state index in [9.17, 15) is 0 Å². The first-order chi connectivity index (χ1) is 5.63. The zero-order valence-corrected chi connectivity index (χ0v) is 7.61. The van der Waals surface area contributed by atoms with E-state index in [0.717, 1.165) is 5.56 Å². The molecule has 0 aromatic carbocycles. The average Bonchev–Trinajstić information content (AvgIpc) is 2.29. The quantitative estimate of drug-likeness (QED) is 0.726. The average molecular weight is 170 g/mol. The summed E-state index contributed by atoms with van der Waals surface area (Å²) in [6, 6.07) is 0. The topological polar surface area (TPSA) is 47.3 Å². The van der Waals surface area contributed by atoms with Gasteiger partial charge >= 0.3 is 0 Å². The van der Waals surface area contributed by atoms with Crippen LogP contribution in [0, 0.1) is 0 Å². The van der Waals surface area contributed by atoms with Crippen molar-refractivity contribution in [1.29, 1.82) is 0 Å². The molecule has 0 radical (unpaired) electrons. The van der Waals surface area contributed by atoms with Gasteiger partial charge in [-0.05, 0) is 13.8 Å². The number of nitrogens with zero attached hydrogens (tertiary/aromatic N) is 2. The van der Waals surface area contributed by atoms with Crippen LogP contribution in [-0.2, 0) is 13.7 Å². The lowest BCUT2D eigenvalue weighted by atomic mass is 10.3. The fourth-order valence-electron chi connectivity index (χ4n) is 0.948. The minimum absolute atomic E-state index is 0.0319. The molecule has 0 aliphatic carbocycles. The van der Waals surface area contributed by atoms with Gasteiger partial charge in [-0.2, -0.15) is 0 Å². The van der Waals surface area contributed by atoms with Crippen molar-refractivity contribution in [1.82, 2.24) is 9.78 Å².